The summed E-state index contributed by atoms with van der Waals surface area (Å²) in [4.78, 5) is 2.45. The van der Waals surface area contributed by atoms with Gasteiger partial charge in [0.05, 0.1) is 12.7 Å². The van der Waals surface area contributed by atoms with E-state index in [1.165, 1.54) is 25.7 Å². The van der Waals surface area contributed by atoms with Crippen LogP contribution < -0.4 is 5.32 Å². The molecule has 1 N–H and O–H groups in total. The highest BCUT2D eigenvalue weighted by atomic mass is 16.5. The summed E-state index contributed by atoms with van der Waals surface area (Å²) in [5.41, 5.74) is 0. The van der Waals surface area contributed by atoms with Crippen LogP contribution in [0.5, 0.6) is 0 Å². The summed E-state index contributed by atoms with van der Waals surface area (Å²) in [6.07, 6.45) is 4.81. The maximum Gasteiger partial charge on any atom is 0.156 e. The second-order valence-corrected chi connectivity index (χ2v) is 4.78. The summed E-state index contributed by atoms with van der Waals surface area (Å²) in [7, 11) is 2.05. The molecule has 4 nitrogen and oxygen atoms in total. The van der Waals surface area contributed by atoms with Gasteiger partial charge in [-0.05, 0) is 32.7 Å². The smallest absolute Gasteiger partial charge is 0.156 e. The SMILES string of the molecule is CNC1CCC(N2CCOC(C#N)C2)CC1. The molecule has 0 radical (unpaired) electrons. The lowest BCUT2D eigenvalue weighted by atomic mass is 9.90. The molecule has 2 rings (SSSR count). The van der Waals surface area contributed by atoms with Crippen LogP contribution in [0.3, 0.4) is 0 Å². The van der Waals surface area contributed by atoms with Crippen molar-refractivity contribution in [2.75, 3.05) is 26.7 Å². The highest BCUT2D eigenvalue weighted by molar-refractivity contribution is 4.92. The van der Waals surface area contributed by atoms with E-state index in [0.717, 1.165) is 13.1 Å². The van der Waals surface area contributed by atoms with Crippen LogP contribution in [-0.2, 0) is 4.74 Å². The number of nitrogens with one attached hydrogen (secondary N) is 1. The van der Waals surface area contributed by atoms with Crippen LogP contribution in [-0.4, -0.2) is 49.8 Å². The van der Waals surface area contributed by atoms with Crippen LogP contribution in [0.15, 0.2) is 0 Å². The molecular weight excluding hydrogens is 202 g/mol. The molecule has 16 heavy (non-hydrogen) atoms. The molecule has 0 bridgehead atoms. The van der Waals surface area contributed by atoms with E-state index >= 15 is 0 Å². The highest BCUT2D eigenvalue weighted by Crippen LogP contribution is 2.24. The molecule has 1 unspecified atom stereocenters. The second-order valence-electron chi connectivity index (χ2n) is 4.78. The van der Waals surface area contributed by atoms with Crippen molar-refractivity contribution in [2.45, 2.75) is 43.9 Å². The van der Waals surface area contributed by atoms with Crippen LogP contribution in [0.2, 0.25) is 0 Å². The standard InChI is InChI=1S/C12H21N3O/c1-14-10-2-4-11(5-3-10)15-6-7-16-12(8-13)9-15/h10-12,14H,2-7,9H2,1H3. The Kier molecular flexibility index (Phi) is 4.16. The minimum Gasteiger partial charge on any atom is -0.361 e. The van der Waals surface area contributed by atoms with Crippen molar-refractivity contribution < 1.29 is 4.74 Å². The van der Waals surface area contributed by atoms with Gasteiger partial charge in [-0.2, -0.15) is 5.26 Å². The zero-order valence-corrected chi connectivity index (χ0v) is 9.98. The average molecular weight is 223 g/mol. The Labute approximate surface area is 97.6 Å². The van der Waals surface area contributed by atoms with Crippen LogP contribution in [0.4, 0.5) is 0 Å². The first kappa shape index (κ1) is 11.8. The number of nitriles is 1. The van der Waals surface area contributed by atoms with Gasteiger partial charge in [0.15, 0.2) is 6.10 Å². The molecule has 2 aliphatic rings. The first-order chi connectivity index (χ1) is 7.83. The fourth-order valence-corrected chi connectivity index (χ4v) is 2.81. The molecule has 0 amide bonds. The number of hydrogen-bond donors (Lipinski definition) is 1. The van der Waals surface area contributed by atoms with Gasteiger partial charge in [0.1, 0.15) is 0 Å². The van der Waals surface area contributed by atoms with E-state index in [-0.39, 0.29) is 6.10 Å². The number of nitrogens with zero attached hydrogens (tertiary/aromatic N) is 2. The van der Waals surface area contributed by atoms with Crippen LogP contribution in [0, 0.1) is 11.3 Å². The minimum absolute atomic E-state index is 0.212. The van der Waals surface area contributed by atoms with E-state index in [9.17, 15) is 0 Å². The van der Waals surface area contributed by atoms with Gasteiger partial charge in [-0.15, -0.1) is 0 Å². The molecule has 1 saturated heterocycles. The average Bonchev–Trinajstić information content (AvgIpc) is 2.39. The first-order valence-corrected chi connectivity index (χ1v) is 6.26. The third-order valence-corrected chi connectivity index (χ3v) is 3.86. The second kappa shape index (κ2) is 5.62. The van der Waals surface area contributed by atoms with E-state index in [1.54, 1.807) is 0 Å². The molecule has 1 saturated carbocycles. The van der Waals surface area contributed by atoms with Gasteiger partial charge in [-0.3, -0.25) is 4.90 Å². The number of morpholine rings is 1. The van der Waals surface area contributed by atoms with Crippen molar-refractivity contribution in [2.24, 2.45) is 0 Å². The van der Waals surface area contributed by atoms with Gasteiger partial charge < -0.3 is 10.1 Å². The van der Waals surface area contributed by atoms with E-state index in [4.69, 9.17) is 10.00 Å². The summed E-state index contributed by atoms with van der Waals surface area (Å²) in [6.45, 7) is 2.50. The molecule has 90 valence electrons. The molecule has 1 aliphatic carbocycles. The van der Waals surface area contributed by atoms with E-state index in [1.807, 2.05) is 7.05 Å². The molecule has 4 heteroatoms. The monoisotopic (exact) mass is 223 g/mol. The van der Waals surface area contributed by atoms with E-state index in [2.05, 4.69) is 16.3 Å². The Balaban J connectivity index is 1.82. The largest absolute Gasteiger partial charge is 0.361 e. The maximum atomic E-state index is 8.88. The van der Waals surface area contributed by atoms with Crippen molar-refractivity contribution in [1.82, 2.24) is 10.2 Å². The molecule has 0 spiro atoms. The summed E-state index contributed by atoms with van der Waals surface area (Å²) in [5, 5.41) is 12.2. The van der Waals surface area contributed by atoms with Gasteiger partial charge in [0, 0.05) is 25.2 Å². The quantitative estimate of drug-likeness (QED) is 0.750. The van der Waals surface area contributed by atoms with E-state index < -0.39 is 0 Å². The molecule has 0 aromatic heterocycles. The molecule has 0 aromatic carbocycles. The maximum absolute atomic E-state index is 8.88. The van der Waals surface area contributed by atoms with Crippen molar-refractivity contribution in [3.8, 4) is 6.07 Å². The number of rotatable bonds is 2. The first-order valence-electron chi connectivity index (χ1n) is 6.26. The van der Waals surface area contributed by atoms with E-state index in [0.29, 0.717) is 18.7 Å². The van der Waals surface area contributed by atoms with Gasteiger partial charge in [0.2, 0.25) is 0 Å². The lowest BCUT2D eigenvalue weighted by Crippen LogP contribution is -2.49. The predicted octanol–water partition coefficient (Wildman–Crippen LogP) is 0.741. The van der Waals surface area contributed by atoms with Gasteiger partial charge in [-0.25, -0.2) is 0 Å². The van der Waals surface area contributed by atoms with Crippen LogP contribution >= 0.6 is 0 Å². The normalized spacial score (nSPS) is 36.9. The topological polar surface area (TPSA) is 48.3 Å². The molecule has 2 fully saturated rings. The van der Waals surface area contributed by atoms with Gasteiger partial charge in [0.25, 0.3) is 0 Å². The highest BCUT2D eigenvalue weighted by Gasteiger charge is 2.29. The summed E-state index contributed by atoms with van der Waals surface area (Å²) >= 11 is 0. The van der Waals surface area contributed by atoms with Crippen molar-refractivity contribution >= 4 is 0 Å². The molecule has 1 heterocycles. The number of ether oxygens (including phenoxy) is 1. The summed E-state index contributed by atoms with van der Waals surface area (Å²) in [6, 6.07) is 3.59. The fourth-order valence-electron chi connectivity index (χ4n) is 2.81. The lowest BCUT2D eigenvalue weighted by molar-refractivity contribution is -0.0243. The van der Waals surface area contributed by atoms with Crippen LogP contribution in [0.1, 0.15) is 25.7 Å². The third kappa shape index (κ3) is 2.73. The van der Waals surface area contributed by atoms with Crippen molar-refractivity contribution in [1.29, 1.82) is 5.26 Å². The van der Waals surface area contributed by atoms with Gasteiger partial charge in [-0.1, -0.05) is 0 Å². The Hall–Kier alpha value is -0.630. The Morgan fingerprint density at radius 1 is 1.31 bits per heavy atom. The Morgan fingerprint density at radius 2 is 2.06 bits per heavy atom. The number of hydrogen-bond acceptors (Lipinski definition) is 4. The summed E-state index contributed by atoms with van der Waals surface area (Å²) < 4.78 is 5.38. The molecule has 1 atom stereocenters. The third-order valence-electron chi connectivity index (χ3n) is 3.86. The van der Waals surface area contributed by atoms with Crippen LogP contribution in [0.25, 0.3) is 0 Å². The fraction of sp³-hybridized carbons (Fsp3) is 0.917. The summed E-state index contributed by atoms with van der Waals surface area (Å²) in [5.74, 6) is 0. The van der Waals surface area contributed by atoms with Gasteiger partial charge >= 0.3 is 0 Å². The Bertz CT molecular complexity index is 255. The zero-order valence-electron chi connectivity index (χ0n) is 9.98. The molecular formula is C12H21N3O. The molecule has 0 aromatic rings. The van der Waals surface area contributed by atoms with Crippen molar-refractivity contribution in [3.63, 3.8) is 0 Å². The molecule has 1 aliphatic heterocycles. The Morgan fingerprint density at radius 3 is 2.69 bits per heavy atom. The predicted molar refractivity (Wildman–Crippen MR) is 62.0 cm³/mol. The zero-order chi connectivity index (χ0) is 11.4. The van der Waals surface area contributed by atoms with Crippen molar-refractivity contribution in [3.05, 3.63) is 0 Å². The minimum atomic E-state index is -0.212. The lowest BCUT2D eigenvalue weighted by Gasteiger charge is -2.39.